The van der Waals surface area contributed by atoms with Crippen molar-refractivity contribution in [2.24, 2.45) is 11.8 Å². The molecule has 0 unspecified atom stereocenters. The first-order valence-electron chi connectivity index (χ1n) is 7.19. The molecule has 0 aromatic rings. The fourth-order valence-electron chi connectivity index (χ4n) is 3.01. The smallest absolute Gasteiger partial charge is 0.309 e. The molecule has 1 aliphatic carbocycles. The van der Waals surface area contributed by atoms with Gasteiger partial charge in [-0.2, -0.15) is 0 Å². The Balaban J connectivity index is 2.31. The van der Waals surface area contributed by atoms with E-state index in [-0.39, 0.29) is 30.3 Å². The van der Waals surface area contributed by atoms with Crippen LogP contribution in [0.1, 0.15) is 40.0 Å². The highest BCUT2D eigenvalue weighted by Gasteiger charge is 2.43. The Hall–Kier alpha value is -0.910. The second-order valence-electron chi connectivity index (χ2n) is 6.43. The van der Waals surface area contributed by atoms with E-state index in [1.165, 1.54) is 0 Å². The average molecular weight is 284 g/mol. The van der Waals surface area contributed by atoms with Crippen LogP contribution in [0, 0.1) is 11.8 Å². The van der Waals surface area contributed by atoms with E-state index in [1.807, 2.05) is 6.92 Å². The highest BCUT2D eigenvalue weighted by Crippen LogP contribution is 2.37. The van der Waals surface area contributed by atoms with Crippen molar-refractivity contribution in [1.29, 1.82) is 0 Å². The van der Waals surface area contributed by atoms with E-state index in [4.69, 9.17) is 4.74 Å². The first kappa shape index (κ1) is 15.5. The SMILES string of the molecule is C/C1=C/[C@H]2OC(=O)[C@@H](C)[C@@H]2CC[C@@](C)(O)[C@@H](O)C[C@@H]1O. The summed E-state index contributed by atoms with van der Waals surface area (Å²) in [6, 6.07) is 0. The van der Waals surface area contributed by atoms with E-state index in [9.17, 15) is 20.1 Å². The maximum absolute atomic E-state index is 11.7. The second kappa shape index (κ2) is 5.47. The second-order valence-corrected chi connectivity index (χ2v) is 6.43. The lowest BCUT2D eigenvalue weighted by atomic mass is 9.79. The van der Waals surface area contributed by atoms with E-state index in [1.54, 1.807) is 19.9 Å². The minimum absolute atomic E-state index is 0.0265. The van der Waals surface area contributed by atoms with Crippen LogP contribution in [0.4, 0.5) is 0 Å². The number of fused-ring (bicyclic) bond motifs is 1. The summed E-state index contributed by atoms with van der Waals surface area (Å²) in [6.45, 7) is 5.15. The zero-order valence-corrected chi connectivity index (χ0v) is 12.2. The van der Waals surface area contributed by atoms with Crippen molar-refractivity contribution in [3.8, 4) is 0 Å². The number of carbonyl (C=O) groups is 1. The quantitative estimate of drug-likeness (QED) is 0.452. The summed E-state index contributed by atoms with van der Waals surface area (Å²) >= 11 is 0. The summed E-state index contributed by atoms with van der Waals surface area (Å²) in [5.41, 5.74) is -0.604. The predicted molar refractivity (Wildman–Crippen MR) is 72.8 cm³/mol. The van der Waals surface area contributed by atoms with Crippen molar-refractivity contribution in [3.05, 3.63) is 11.6 Å². The predicted octanol–water partition coefficient (Wildman–Crippen LogP) is 0.767. The van der Waals surface area contributed by atoms with Gasteiger partial charge in [0.05, 0.1) is 23.7 Å². The van der Waals surface area contributed by atoms with Crippen LogP contribution in [0.3, 0.4) is 0 Å². The molecule has 5 nitrogen and oxygen atoms in total. The van der Waals surface area contributed by atoms with Gasteiger partial charge in [-0.25, -0.2) is 0 Å². The Morgan fingerprint density at radius 3 is 2.70 bits per heavy atom. The van der Waals surface area contributed by atoms with E-state index >= 15 is 0 Å². The van der Waals surface area contributed by atoms with Crippen LogP contribution in [0.25, 0.3) is 0 Å². The lowest BCUT2D eigenvalue weighted by Crippen LogP contribution is -2.43. The summed E-state index contributed by atoms with van der Waals surface area (Å²) in [7, 11) is 0. The summed E-state index contributed by atoms with van der Waals surface area (Å²) in [6.07, 6.45) is 0.644. The minimum Gasteiger partial charge on any atom is -0.458 e. The van der Waals surface area contributed by atoms with Gasteiger partial charge in [0.2, 0.25) is 0 Å². The third kappa shape index (κ3) is 2.90. The Morgan fingerprint density at radius 2 is 2.05 bits per heavy atom. The average Bonchev–Trinajstić information content (AvgIpc) is 2.61. The molecule has 1 heterocycles. The maximum Gasteiger partial charge on any atom is 0.309 e. The topological polar surface area (TPSA) is 87.0 Å². The molecule has 1 aliphatic heterocycles. The fourth-order valence-corrected chi connectivity index (χ4v) is 3.01. The molecule has 5 heteroatoms. The molecule has 0 bridgehead atoms. The molecule has 0 amide bonds. The number of esters is 1. The van der Waals surface area contributed by atoms with Gasteiger partial charge in [-0.15, -0.1) is 0 Å². The summed E-state index contributed by atoms with van der Waals surface area (Å²) in [5.74, 6) is -0.493. The molecule has 0 aromatic carbocycles. The molecule has 0 aromatic heterocycles. The van der Waals surface area contributed by atoms with E-state index < -0.39 is 17.8 Å². The lowest BCUT2D eigenvalue weighted by Gasteiger charge is -2.33. The van der Waals surface area contributed by atoms with Crippen molar-refractivity contribution < 1.29 is 24.9 Å². The zero-order valence-electron chi connectivity index (χ0n) is 12.2. The van der Waals surface area contributed by atoms with E-state index in [2.05, 4.69) is 0 Å². The summed E-state index contributed by atoms with van der Waals surface area (Å²) in [4.78, 5) is 11.7. The van der Waals surface area contributed by atoms with Crippen LogP contribution >= 0.6 is 0 Å². The first-order valence-corrected chi connectivity index (χ1v) is 7.19. The standard InChI is InChI=1S/C15H24O5/c1-8-6-12-10(9(2)14(18)20-12)4-5-15(3,19)13(17)7-11(8)16/h6,9-13,16-17,19H,4-5,7H2,1-3H3/b8-6-/t9-,10-,11-,12+,13-,15+/m0/s1. The van der Waals surface area contributed by atoms with Crippen LogP contribution < -0.4 is 0 Å². The fraction of sp³-hybridized carbons (Fsp3) is 0.800. The van der Waals surface area contributed by atoms with Crippen LogP contribution in [-0.4, -0.2) is 45.2 Å². The van der Waals surface area contributed by atoms with Crippen molar-refractivity contribution in [2.45, 2.75) is 63.9 Å². The third-order valence-electron chi connectivity index (χ3n) is 4.79. The molecule has 0 radical (unpaired) electrons. The van der Waals surface area contributed by atoms with E-state index in [0.717, 1.165) is 0 Å². The van der Waals surface area contributed by atoms with Gasteiger partial charge in [-0.05, 0) is 38.3 Å². The maximum atomic E-state index is 11.7. The Kier molecular flexibility index (Phi) is 4.23. The number of aliphatic hydroxyl groups is 3. The third-order valence-corrected chi connectivity index (χ3v) is 4.79. The molecule has 20 heavy (non-hydrogen) atoms. The van der Waals surface area contributed by atoms with Gasteiger partial charge in [0.25, 0.3) is 0 Å². The molecule has 1 saturated heterocycles. The van der Waals surface area contributed by atoms with Gasteiger partial charge >= 0.3 is 5.97 Å². The Bertz CT molecular complexity index is 414. The number of aliphatic hydroxyl groups excluding tert-OH is 2. The van der Waals surface area contributed by atoms with Crippen LogP contribution in [0.2, 0.25) is 0 Å². The molecule has 0 saturated carbocycles. The number of ether oxygens (including phenoxy) is 1. The Labute approximate surface area is 119 Å². The molecule has 1 fully saturated rings. The van der Waals surface area contributed by atoms with Gasteiger partial charge in [-0.3, -0.25) is 4.79 Å². The first-order chi connectivity index (χ1) is 9.22. The molecule has 2 rings (SSSR count). The van der Waals surface area contributed by atoms with Gasteiger partial charge < -0.3 is 20.1 Å². The van der Waals surface area contributed by atoms with Gasteiger partial charge in [0.15, 0.2) is 0 Å². The molecule has 114 valence electrons. The van der Waals surface area contributed by atoms with Crippen LogP contribution in [-0.2, 0) is 9.53 Å². The number of hydrogen-bond acceptors (Lipinski definition) is 5. The van der Waals surface area contributed by atoms with E-state index in [0.29, 0.717) is 18.4 Å². The van der Waals surface area contributed by atoms with Gasteiger partial charge in [0.1, 0.15) is 6.10 Å². The van der Waals surface area contributed by atoms with Crippen molar-refractivity contribution in [3.63, 3.8) is 0 Å². The highest BCUT2D eigenvalue weighted by atomic mass is 16.6. The largest absolute Gasteiger partial charge is 0.458 e. The summed E-state index contributed by atoms with van der Waals surface area (Å²) < 4.78 is 5.35. The van der Waals surface area contributed by atoms with Gasteiger partial charge in [0, 0.05) is 12.3 Å². The molecule has 3 N–H and O–H groups in total. The minimum atomic E-state index is -1.27. The monoisotopic (exact) mass is 284 g/mol. The molecule has 2 aliphatic rings. The summed E-state index contributed by atoms with van der Waals surface area (Å²) in [5, 5.41) is 30.5. The van der Waals surface area contributed by atoms with Crippen molar-refractivity contribution in [2.75, 3.05) is 0 Å². The van der Waals surface area contributed by atoms with Crippen LogP contribution in [0.15, 0.2) is 11.6 Å². The highest BCUT2D eigenvalue weighted by molar-refractivity contribution is 5.75. The molecular formula is C15H24O5. The zero-order chi connectivity index (χ0) is 15.1. The number of rotatable bonds is 0. The lowest BCUT2D eigenvalue weighted by molar-refractivity contribution is -0.142. The Morgan fingerprint density at radius 1 is 1.40 bits per heavy atom. The van der Waals surface area contributed by atoms with Gasteiger partial charge in [-0.1, -0.05) is 6.92 Å². The number of hydrogen-bond donors (Lipinski definition) is 3. The van der Waals surface area contributed by atoms with Crippen LogP contribution in [0.5, 0.6) is 0 Å². The molecule has 6 atom stereocenters. The van der Waals surface area contributed by atoms with Crippen molar-refractivity contribution >= 4 is 5.97 Å². The molecular weight excluding hydrogens is 260 g/mol. The van der Waals surface area contributed by atoms with Crippen molar-refractivity contribution in [1.82, 2.24) is 0 Å². The molecule has 0 spiro atoms. The normalized spacial score (nSPS) is 49.0. The number of carbonyl (C=O) groups excluding carboxylic acids is 1.